The molecule has 1 fully saturated rings. The number of hydrogen-bond donors (Lipinski definition) is 1. The molecule has 8 nitrogen and oxygen atoms in total. The average molecular weight is 409 g/mol. The fraction of sp³-hybridized carbons (Fsp3) is 0.300. The minimum Gasteiger partial charge on any atom is -0.438 e. The van der Waals surface area contributed by atoms with Crippen molar-refractivity contribution in [1.82, 2.24) is 29.5 Å². The zero-order chi connectivity index (χ0) is 19.5. The van der Waals surface area contributed by atoms with Gasteiger partial charge in [0.25, 0.3) is 5.91 Å². The first-order valence-electron chi connectivity index (χ1n) is 9.61. The minimum atomic E-state index is -0.425. The molecule has 2 aliphatic rings. The van der Waals surface area contributed by atoms with Gasteiger partial charge in [-0.05, 0) is 31.0 Å². The molecule has 1 aliphatic heterocycles. The summed E-state index contributed by atoms with van der Waals surface area (Å²) in [4.78, 5) is 27.3. The minimum absolute atomic E-state index is 0.175. The van der Waals surface area contributed by atoms with Crippen molar-refractivity contribution in [2.45, 2.75) is 31.2 Å². The zero-order valence-corrected chi connectivity index (χ0v) is 16.1. The molecule has 1 amide bonds. The van der Waals surface area contributed by atoms with Gasteiger partial charge in [-0.3, -0.25) is 4.79 Å². The van der Waals surface area contributed by atoms with E-state index in [0.29, 0.717) is 35.4 Å². The Morgan fingerprint density at radius 3 is 3.00 bits per heavy atom. The van der Waals surface area contributed by atoms with Gasteiger partial charge in [-0.1, -0.05) is 11.6 Å². The van der Waals surface area contributed by atoms with E-state index in [9.17, 15) is 4.79 Å². The number of carbonyl (C=O) groups excluding carboxylic acids is 1. The first-order valence-corrected chi connectivity index (χ1v) is 9.99. The van der Waals surface area contributed by atoms with Crippen LogP contribution in [0.3, 0.4) is 0 Å². The Bertz CT molecular complexity index is 1240. The Morgan fingerprint density at radius 1 is 1.28 bits per heavy atom. The second kappa shape index (κ2) is 6.18. The number of hydrogen-bond acceptors (Lipinski definition) is 5. The molecule has 0 saturated heterocycles. The summed E-state index contributed by atoms with van der Waals surface area (Å²) in [5, 5.41) is 5.30. The summed E-state index contributed by atoms with van der Waals surface area (Å²) in [5.41, 5.74) is 4.09. The average Bonchev–Trinajstić information content (AvgIpc) is 3.13. The largest absolute Gasteiger partial charge is 0.438 e. The van der Waals surface area contributed by atoms with Crippen molar-refractivity contribution in [3.8, 4) is 0 Å². The van der Waals surface area contributed by atoms with Gasteiger partial charge in [0, 0.05) is 30.8 Å². The van der Waals surface area contributed by atoms with Gasteiger partial charge in [0.2, 0.25) is 5.76 Å². The standard InChI is InChI=1S/C20H17ClN6O2/c21-12-2-1-6-27-15(12)8-14(25-27)18-17-13(22-9-23-17)5-7-26(18)20(28)19-16(11-3-4-11)24-10-29-19/h1-2,6,8-11,18H,3-5,7H2,(H,22,23). The van der Waals surface area contributed by atoms with Crippen LogP contribution in [0.4, 0.5) is 0 Å². The van der Waals surface area contributed by atoms with E-state index < -0.39 is 6.04 Å². The predicted octanol–water partition coefficient (Wildman–Crippen LogP) is 3.36. The molecule has 5 heterocycles. The summed E-state index contributed by atoms with van der Waals surface area (Å²) in [6, 6.07) is 5.15. The van der Waals surface area contributed by atoms with Crippen LogP contribution in [-0.4, -0.2) is 41.9 Å². The van der Waals surface area contributed by atoms with Gasteiger partial charge in [0.05, 0.1) is 33.9 Å². The summed E-state index contributed by atoms with van der Waals surface area (Å²) in [7, 11) is 0. The molecule has 1 atom stereocenters. The maximum absolute atomic E-state index is 13.5. The van der Waals surface area contributed by atoms with E-state index in [0.717, 1.165) is 35.4 Å². The van der Waals surface area contributed by atoms with Gasteiger partial charge in [-0.15, -0.1) is 0 Å². The molecule has 0 spiro atoms. The highest BCUT2D eigenvalue weighted by atomic mass is 35.5. The van der Waals surface area contributed by atoms with Crippen LogP contribution < -0.4 is 0 Å². The van der Waals surface area contributed by atoms with E-state index in [1.807, 2.05) is 24.4 Å². The van der Waals surface area contributed by atoms with Crippen molar-refractivity contribution in [2.75, 3.05) is 6.54 Å². The highest BCUT2D eigenvalue weighted by molar-refractivity contribution is 6.33. The number of fused-ring (bicyclic) bond motifs is 2. The van der Waals surface area contributed by atoms with Crippen molar-refractivity contribution in [3.63, 3.8) is 0 Å². The number of rotatable bonds is 3. The first kappa shape index (κ1) is 16.8. The predicted molar refractivity (Wildman–Crippen MR) is 104 cm³/mol. The van der Waals surface area contributed by atoms with Crippen LogP contribution in [-0.2, 0) is 6.42 Å². The van der Waals surface area contributed by atoms with Crippen molar-refractivity contribution < 1.29 is 9.21 Å². The number of nitrogens with one attached hydrogen (secondary N) is 1. The molecule has 1 unspecified atom stereocenters. The first-order chi connectivity index (χ1) is 14.2. The van der Waals surface area contributed by atoms with Crippen LogP contribution in [0.25, 0.3) is 5.52 Å². The number of H-pyrrole nitrogens is 1. The van der Waals surface area contributed by atoms with Crippen LogP contribution in [0, 0.1) is 0 Å². The van der Waals surface area contributed by atoms with Gasteiger partial charge in [-0.25, -0.2) is 14.5 Å². The van der Waals surface area contributed by atoms with Crippen LogP contribution in [0.1, 0.15) is 58.1 Å². The Labute approximate surface area is 170 Å². The third-order valence-electron chi connectivity index (χ3n) is 5.69. The highest BCUT2D eigenvalue weighted by Crippen LogP contribution is 2.42. The second-order valence-electron chi connectivity index (χ2n) is 7.51. The molecule has 0 radical (unpaired) electrons. The summed E-state index contributed by atoms with van der Waals surface area (Å²) in [5.74, 6) is 0.482. The van der Waals surface area contributed by atoms with Crippen molar-refractivity contribution in [2.24, 2.45) is 0 Å². The molecular weight excluding hydrogens is 392 g/mol. The molecule has 1 aliphatic carbocycles. The lowest BCUT2D eigenvalue weighted by atomic mass is 9.99. The van der Waals surface area contributed by atoms with Gasteiger partial charge in [0.1, 0.15) is 6.04 Å². The topological polar surface area (TPSA) is 92.3 Å². The molecule has 9 heteroatoms. The maximum Gasteiger partial charge on any atom is 0.292 e. The van der Waals surface area contributed by atoms with Crippen molar-refractivity contribution >= 4 is 23.0 Å². The summed E-state index contributed by atoms with van der Waals surface area (Å²) in [6.45, 7) is 0.533. The Morgan fingerprint density at radius 2 is 2.17 bits per heavy atom. The maximum atomic E-state index is 13.5. The van der Waals surface area contributed by atoms with Crippen LogP contribution in [0.15, 0.2) is 41.5 Å². The summed E-state index contributed by atoms with van der Waals surface area (Å²) in [6.07, 6.45) is 7.66. The van der Waals surface area contributed by atoms with Gasteiger partial charge in [-0.2, -0.15) is 5.10 Å². The lowest BCUT2D eigenvalue weighted by Crippen LogP contribution is -2.41. The number of aromatic amines is 1. The van der Waals surface area contributed by atoms with Gasteiger partial charge in [0.15, 0.2) is 6.39 Å². The molecule has 6 rings (SSSR count). The SMILES string of the molecule is O=C(c1ocnc1C1CC1)N1CCc2[nH]cnc2C1c1cc2c(Cl)cccn2n1. The molecule has 1 saturated carbocycles. The van der Waals surface area contributed by atoms with E-state index in [4.69, 9.17) is 21.1 Å². The number of pyridine rings is 1. The summed E-state index contributed by atoms with van der Waals surface area (Å²) < 4.78 is 7.26. The zero-order valence-electron chi connectivity index (χ0n) is 15.4. The van der Waals surface area contributed by atoms with Crippen molar-refractivity contribution in [1.29, 1.82) is 0 Å². The highest BCUT2D eigenvalue weighted by Gasteiger charge is 2.40. The fourth-order valence-corrected chi connectivity index (χ4v) is 4.34. The molecule has 29 heavy (non-hydrogen) atoms. The molecule has 0 aromatic carbocycles. The smallest absolute Gasteiger partial charge is 0.292 e. The Balaban J connectivity index is 1.47. The Hall–Kier alpha value is -3.13. The number of imidazole rings is 1. The van der Waals surface area contributed by atoms with E-state index in [2.05, 4.69) is 15.0 Å². The van der Waals surface area contributed by atoms with Crippen molar-refractivity contribution in [3.05, 3.63) is 70.7 Å². The summed E-state index contributed by atoms with van der Waals surface area (Å²) >= 11 is 6.34. The number of nitrogens with zero attached hydrogens (tertiary/aromatic N) is 5. The quantitative estimate of drug-likeness (QED) is 0.561. The molecule has 146 valence electrons. The molecule has 1 N–H and O–H groups in total. The normalized spacial score (nSPS) is 18.9. The third-order valence-corrected chi connectivity index (χ3v) is 6.01. The molecule has 4 aromatic heterocycles. The molecule has 4 aromatic rings. The van der Waals surface area contributed by atoms with E-state index >= 15 is 0 Å². The lowest BCUT2D eigenvalue weighted by Gasteiger charge is -2.33. The number of amides is 1. The van der Waals surface area contributed by atoms with Gasteiger partial charge < -0.3 is 14.3 Å². The lowest BCUT2D eigenvalue weighted by molar-refractivity contribution is 0.0652. The van der Waals surface area contributed by atoms with E-state index in [-0.39, 0.29) is 5.91 Å². The second-order valence-corrected chi connectivity index (χ2v) is 7.92. The fourth-order valence-electron chi connectivity index (χ4n) is 4.12. The third kappa shape index (κ3) is 2.59. The van der Waals surface area contributed by atoms with E-state index in [1.54, 1.807) is 15.7 Å². The van der Waals surface area contributed by atoms with E-state index in [1.165, 1.54) is 6.39 Å². The number of halogens is 1. The van der Waals surface area contributed by atoms with Crippen LogP contribution in [0.2, 0.25) is 5.02 Å². The number of aromatic nitrogens is 5. The molecule has 0 bridgehead atoms. The van der Waals surface area contributed by atoms with Crippen LogP contribution in [0.5, 0.6) is 0 Å². The number of carbonyl (C=O) groups is 1. The van der Waals surface area contributed by atoms with Crippen LogP contribution >= 0.6 is 11.6 Å². The van der Waals surface area contributed by atoms with Gasteiger partial charge >= 0.3 is 0 Å². The molecular formula is C20H17ClN6O2. The Kier molecular flexibility index (Phi) is 3.58. The monoisotopic (exact) mass is 408 g/mol. The number of oxazole rings is 1.